The minimum atomic E-state index is -0.257. The molecule has 2 heterocycles. The Hall–Kier alpha value is -4.12. The third kappa shape index (κ3) is 8.62. The second-order valence-electron chi connectivity index (χ2n) is 13.9. The van der Waals surface area contributed by atoms with E-state index in [1.807, 2.05) is 12.3 Å². The second-order valence-corrected chi connectivity index (χ2v) is 13.9. The van der Waals surface area contributed by atoms with Crippen LogP contribution in [0.2, 0.25) is 0 Å². The minimum Gasteiger partial charge on any atom is -0.467 e. The Balaban J connectivity index is 1.87. The van der Waals surface area contributed by atoms with Crippen LogP contribution in [0.1, 0.15) is 89.6 Å². The molecule has 0 bridgehead atoms. The number of carbonyl (C=O) groups excluding carboxylic acids is 1. The molecule has 1 atom stereocenters. The van der Waals surface area contributed by atoms with E-state index in [9.17, 15) is 4.79 Å². The lowest BCUT2D eigenvalue weighted by molar-refractivity contribution is -0.131. The zero-order valence-electron chi connectivity index (χ0n) is 29.9. The summed E-state index contributed by atoms with van der Waals surface area (Å²) >= 11 is 0. The average molecular weight is 634 g/mol. The topological polar surface area (TPSA) is 46.8 Å². The number of allylic oxidation sites excluding steroid dienone is 6. The molecule has 5 nitrogen and oxygen atoms in total. The van der Waals surface area contributed by atoms with Gasteiger partial charge in [-0.05, 0) is 105 Å². The van der Waals surface area contributed by atoms with Crippen LogP contribution in [0.4, 0.5) is 0 Å². The molecular formula is C42H55N3O2. The molecule has 250 valence electrons. The summed E-state index contributed by atoms with van der Waals surface area (Å²) in [6.45, 7) is 26.6. The van der Waals surface area contributed by atoms with Gasteiger partial charge in [0, 0.05) is 41.3 Å². The second kappa shape index (κ2) is 16.1. The molecule has 47 heavy (non-hydrogen) atoms. The first-order valence-corrected chi connectivity index (χ1v) is 17.3. The van der Waals surface area contributed by atoms with Crippen molar-refractivity contribution in [1.29, 1.82) is 0 Å². The van der Waals surface area contributed by atoms with Crippen molar-refractivity contribution in [2.75, 3.05) is 13.2 Å². The van der Waals surface area contributed by atoms with Crippen LogP contribution in [0.3, 0.4) is 0 Å². The maximum absolute atomic E-state index is 11.2. The van der Waals surface area contributed by atoms with Gasteiger partial charge in [0.1, 0.15) is 0 Å². The molecule has 3 aromatic rings. The van der Waals surface area contributed by atoms with E-state index in [-0.39, 0.29) is 5.41 Å². The molecular weight excluding hydrogens is 578 g/mol. The maximum Gasteiger partial charge on any atom is 0.293 e. The highest BCUT2D eigenvalue weighted by Gasteiger charge is 2.28. The monoisotopic (exact) mass is 633 g/mol. The number of hydrazone groups is 1. The molecule has 4 rings (SSSR count). The fourth-order valence-corrected chi connectivity index (χ4v) is 6.72. The summed E-state index contributed by atoms with van der Waals surface area (Å²) in [7, 11) is 0. The average Bonchev–Trinajstić information content (AvgIpc) is 3.37. The zero-order chi connectivity index (χ0) is 34.1. The quantitative estimate of drug-likeness (QED) is 0.116. The van der Waals surface area contributed by atoms with Gasteiger partial charge >= 0.3 is 0 Å². The molecule has 0 radical (unpaired) electrons. The van der Waals surface area contributed by atoms with E-state index in [1.165, 1.54) is 55.6 Å². The van der Waals surface area contributed by atoms with Crippen molar-refractivity contribution in [3.63, 3.8) is 0 Å². The van der Waals surface area contributed by atoms with Gasteiger partial charge in [0.15, 0.2) is 0 Å². The highest BCUT2D eigenvalue weighted by Crippen LogP contribution is 2.40. The molecule has 0 fully saturated rings. The number of aromatic nitrogens is 1. The standard InChI is InChI=1S/C42H55N3O2/c1-10-13-16-37(33(7)31(5)11-2)41-39(27-42(8,9)28-47-29-46)38-26-35(19-20-40(38)44(41)12-3)36-24-30(4)23-34(25-36)18-17-32(6)45-22-15-14-21-43-45/h10,13,16,19-21,23-26,29,31H,1,6,11-12,14-15,17-18,22,27-28H2,2-5,7-9H3/b16-13-,37-33-. The Morgan fingerprint density at radius 1 is 1.15 bits per heavy atom. The van der Waals surface area contributed by atoms with Gasteiger partial charge in [0.05, 0.1) is 12.3 Å². The molecule has 2 aromatic carbocycles. The summed E-state index contributed by atoms with van der Waals surface area (Å²) in [5.41, 5.74) is 12.2. The van der Waals surface area contributed by atoms with Gasteiger partial charge < -0.3 is 9.30 Å². The van der Waals surface area contributed by atoms with Crippen molar-refractivity contribution in [1.82, 2.24) is 9.58 Å². The molecule has 0 N–H and O–H groups in total. The molecule has 0 amide bonds. The van der Waals surface area contributed by atoms with Crippen LogP contribution in [0.25, 0.3) is 27.6 Å². The first-order chi connectivity index (χ1) is 22.5. The third-order valence-corrected chi connectivity index (χ3v) is 9.57. The van der Waals surface area contributed by atoms with E-state index >= 15 is 0 Å². The summed E-state index contributed by atoms with van der Waals surface area (Å²) in [5.74, 6) is 0.432. The van der Waals surface area contributed by atoms with Crippen molar-refractivity contribution in [2.45, 2.75) is 93.5 Å². The highest BCUT2D eigenvalue weighted by molar-refractivity contribution is 5.95. The maximum atomic E-state index is 11.2. The summed E-state index contributed by atoms with van der Waals surface area (Å²) in [6.07, 6.45) is 13.9. The molecule has 1 aromatic heterocycles. The first kappa shape index (κ1) is 35.7. The summed E-state index contributed by atoms with van der Waals surface area (Å²) in [6, 6.07) is 13.9. The van der Waals surface area contributed by atoms with E-state index in [4.69, 9.17) is 4.74 Å². The highest BCUT2D eigenvalue weighted by atomic mass is 16.5. The van der Waals surface area contributed by atoms with Gasteiger partial charge in [0.2, 0.25) is 0 Å². The molecule has 5 heteroatoms. The minimum absolute atomic E-state index is 0.257. The van der Waals surface area contributed by atoms with Crippen LogP contribution in [0.15, 0.2) is 84.2 Å². The lowest BCUT2D eigenvalue weighted by Gasteiger charge is -2.25. The number of carbonyl (C=O) groups is 1. The van der Waals surface area contributed by atoms with Crippen molar-refractivity contribution >= 4 is 29.2 Å². The SMILES string of the molecule is C=C/C=C\C(=C(/C)C(C)CC)c1c(CC(C)(C)COC=O)c2cc(-c3cc(C)cc(CCC(=C)N4CCCC=N4)c3)ccc2n1CC. The van der Waals surface area contributed by atoms with Gasteiger partial charge in [-0.3, -0.25) is 9.80 Å². The van der Waals surface area contributed by atoms with Crippen molar-refractivity contribution in [3.8, 4) is 11.1 Å². The zero-order valence-corrected chi connectivity index (χ0v) is 29.9. The van der Waals surface area contributed by atoms with Crippen LogP contribution in [-0.4, -0.2) is 35.4 Å². The molecule has 1 aliphatic rings. The number of fused-ring (bicyclic) bond motifs is 1. The molecule has 0 aliphatic carbocycles. The smallest absolute Gasteiger partial charge is 0.293 e. The van der Waals surface area contributed by atoms with Crippen LogP contribution < -0.4 is 0 Å². The Kier molecular flexibility index (Phi) is 12.3. The Bertz CT molecular complexity index is 1680. The van der Waals surface area contributed by atoms with Gasteiger partial charge in [-0.15, -0.1) is 0 Å². The van der Waals surface area contributed by atoms with E-state index in [0.717, 1.165) is 57.3 Å². The Labute approximate surface area is 283 Å². The van der Waals surface area contributed by atoms with E-state index in [0.29, 0.717) is 19.0 Å². The van der Waals surface area contributed by atoms with Crippen molar-refractivity contribution < 1.29 is 9.53 Å². The van der Waals surface area contributed by atoms with Crippen LogP contribution in [0.5, 0.6) is 0 Å². The van der Waals surface area contributed by atoms with E-state index in [1.54, 1.807) is 0 Å². The van der Waals surface area contributed by atoms with Gasteiger partial charge in [-0.25, -0.2) is 0 Å². The number of nitrogens with zero attached hydrogens (tertiary/aromatic N) is 3. The third-order valence-electron chi connectivity index (χ3n) is 9.57. The predicted molar refractivity (Wildman–Crippen MR) is 201 cm³/mol. The fourth-order valence-electron chi connectivity index (χ4n) is 6.72. The molecule has 0 saturated heterocycles. The van der Waals surface area contributed by atoms with Crippen LogP contribution in [0, 0.1) is 18.3 Å². The largest absolute Gasteiger partial charge is 0.467 e. The van der Waals surface area contributed by atoms with Gasteiger partial charge in [-0.2, -0.15) is 5.10 Å². The first-order valence-electron chi connectivity index (χ1n) is 17.3. The molecule has 1 aliphatic heterocycles. The summed E-state index contributed by atoms with van der Waals surface area (Å²) < 4.78 is 7.81. The molecule has 0 spiro atoms. The van der Waals surface area contributed by atoms with Crippen LogP contribution in [-0.2, 0) is 28.9 Å². The number of ether oxygens (including phenoxy) is 1. The van der Waals surface area contributed by atoms with Crippen LogP contribution >= 0.6 is 0 Å². The Morgan fingerprint density at radius 2 is 1.94 bits per heavy atom. The predicted octanol–water partition coefficient (Wildman–Crippen LogP) is 10.5. The van der Waals surface area contributed by atoms with Gasteiger partial charge in [0.25, 0.3) is 6.47 Å². The number of benzene rings is 2. The normalized spacial score (nSPS) is 14.8. The summed E-state index contributed by atoms with van der Waals surface area (Å²) in [5, 5.41) is 7.85. The lowest BCUT2D eigenvalue weighted by atomic mass is 9.83. The number of hydrogen-bond donors (Lipinski definition) is 0. The Morgan fingerprint density at radius 3 is 2.60 bits per heavy atom. The van der Waals surface area contributed by atoms with Crippen molar-refractivity contribution in [3.05, 3.63) is 101 Å². The number of hydrogen-bond acceptors (Lipinski definition) is 4. The lowest BCUT2D eigenvalue weighted by Crippen LogP contribution is -2.22. The summed E-state index contributed by atoms with van der Waals surface area (Å²) in [4.78, 5) is 11.2. The fraction of sp³-hybridized carbons (Fsp3) is 0.429. The number of aryl methyl sites for hydroxylation is 3. The molecule has 0 saturated carbocycles. The van der Waals surface area contributed by atoms with E-state index in [2.05, 4.69) is 125 Å². The van der Waals surface area contributed by atoms with Gasteiger partial charge in [-0.1, -0.05) is 94.5 Å². The van der Waals surface area contributed by atoms with E-state index < -0.39 is 0 Å². The van der Waals surface area contributed by atoms with Crippen molar-refractivity contribution in [2.24, 2.45) is 16.4 Å². The molecule has 1 unspecified atom stereocenters. The number of rotatable bonds is 16.